The summed E-state index contributed by atoms with van der Waals surface area (Å²) in [7, 11) is 1.22. The fraction of sp³-hybridized carbons (Fsp3) is 0.300. The fourth-order valence-electron chi connectivity index (χ4n) is 1.74. The number of benzene rings is 2. The third-order valence-corrected chi connectivity index (χ3v) is 3.46. The van der Waals surface area contributed by atoms with Gasteiger partial charge in [0.25, 0.3) is 0 Å². The van der Waals surface area contributed by atoms with Crippen molar-refractivity contribution in [2.45, 2.75) is 33.5 Å². The lowest BCUT2D eigenvalue weighted by Gasteiger charge is -2.07. The minimum absolute atomic E-state index is 0. The number of carbonyl (C=O) groups is 2. The van der Waals surface area contributed by atoms with Gasteiger partial charge in [0.05, 0.1) is 7.11 Å². The summed E-state index contributed by atoms with van der Waals surface area (Å²) in [6.07, 6.45) is -2.76. The maximum atomic E-state index is 10.9. The Morgan fingerprint density at radius 3 is 1.61 bits per heavy atom. The van der Waals surface area contributed by atoms with Crippen LogP contribution in [-0.4, -0.2) is 34.4 Å². The molecule has 6 nitrogen and oxygen atoms in total. The SMILES string of the molecule is C.CC.COC(=O)[C@H](O)c1cccc(Cl)c1.O=C(O)[C@H](O)c1cccc(Cl)c1. The monoisotopic (exact) mass is 432 g/mol. The molecule has 0 bridgehead atoms. The predicted octanol–water partition coefficient (Wildman–Crippen LogP) is 4.67. The molecule has 0 spiro atoms. The van der Waals surface area contributed by atoms with E-state index in [1.165, 1.54) is 25.3 Å². The Morgan fingerprint density at radius 1 is 0.893 bits per heavy atom. The van der Waals surface area contributed by atoms with Crippen LogP contribution in [0.5, 0.6) is 0 Å². The first-order chi connectivity index (χ1) is 12.8. The highest BCUT2D eigenvalue weighted by Crippen LogP contribution is 2.18. The van der Waals surface area contributed by atoms with Crippen molar-refractivity contribution in [1.29, 1.82) is 0 Å². The molecule has 3 N–H and O–H groups in total. The van der Waals surface area contributed by atoms with E-state index in [-0.39, 0.29) is 13.0 Å². The van der Waals surface area contributed by atoms with Crippen LogP contribution in [0.4, 0.5) is 0 Å². The van der Waals surface area contributed by atoms with Gasteiger partial charge in [-0.2, -0.15) is 0 Å². The molecule has 0 fully saturated rings. The zero-order valence-electron chi connectivity index (χ0n) is 15.1. The second-order valence-electron chi connectivity index (χ2n) is 4.78. The summed E-state index contributed by atoms with van der Waals surface area (Å²) in [6, 6.07) is 12.6. The molecule has 0 radical (unpaired) electrons. The molecule has 0 saturated carbocycles. The second kappa shape index (κ2) is 14.9. The number of carbonyl (C=O) groups excluding carboxylic acids is 1. The number of esters is 1. The van der Waals surface area contributed by atoms with Crippen LogP contribution < -0.4 is 0 Å². The van der Waals surface area contributed by atoms with E-state index in [1.807, 2.05) is 13.8 Å². The Kier molecular flexibility index (Phi) is 14.9. The van der Waals surface area contributed by atoms with Gasteiger partial charge in [-0.25, -0.2) is 9.59 Å². The lowest BCUT2D eigenvalue weighted by molar-refractivity contribution is -0.150. The van der Waals surface area contributed by atoms with Crippen LogP contribution in [-0.2, 0) is 14.3 Å². The topological polar surface area (TPSA) is 104 Å². The number of rotatable bonds is 4. The van der Waals surface area contributed by atoms with E-state index in [1.54, 1.807) is 30.3 Å². The van der Waals surface area contributed by atoms with Crippen molar-refractivity contribution >= 4 is 35.1 Å². The van der Waals surface area contributed by atoms with E-state index >= 15 is 0 Å². The first kappa shape index (κ1) is 28.1. The van der Waals surface area contributed by atoms with Crippen LogP contribution in [0.1, 0.15) is 44.6 Å². The molecule has 2 aromatic carbocycles. The van der Waals surface area contributed by atoms with Crippen molar-refractivity contribution in [2.75, 3.05) is 7.11 Å². The molecule has 0 aliphatic rings. The summed E-state index contributed by atoms with van der Waals surface area (Å²) in [5.41, 5.74) is 0.717. The highest BCUT2D eigenvalue weighted by atomic mass is 35.5. The molecule has 2 rings (SSSR count). The number of aliphatic hydroxyl groups is 2. The number of carboxylic acids is 1. The molecule has 156 valence electrons. The quantitative estimate of drug-likeness (QED) is 0.606. The Balaban J connectivity index is 0. The molecule has 0 heterocycles. The number of halogens is 2. The molecule has 28 heavy (non-hydrogen) atoms. The van der Waals surface area contributed by atoms with Crippen LogP contribution in [0.2, 0.25) is 10.0 Å². The van der Waals surface area contributed by atoms with E-state index in [4.69, 9.17) is 33.4 Å². The summed E-state index contributed by atoms with van der Waals surface area (Å²) < 4.78 is 4.37. The number of aliphatic hydroxyl groups excluding tert-OH is 2. The van der Waals surface area contributed by atoms with Crippen molar-refractivity contribution in [1.82, 2.24) is 0 Å². The third-order valence-electron chi connectivity index (χ3n) is 2.99. The van der Waals surface area contributed by atoms with Gasteiger partial charge >= 0.3 is 11.9 Å². The van der Waals surface area contributed by atoms with Crippen molar-refractivity contribution in [3.05, 3.63) is 69.7 Å². The highest BCUT2D eigenvalue weighted by Gasteiger charge is 2.17. The van der Waals surface area contributed by atoms with Crippen molar-refractivity contribution in [2.24, 2.45) is 0 Å². The number of methoxy groups -OCH3 is 1. The molecule has 8 heteroatoms. The molecule has 0 aliphatic carbocycles. The van der Waals surface area contributed by atoms with Gasteiger partial charge < -0.3 is 20.1 Å². The van der Waals surface area contributed by atoms with Crippen molar-refractivity contribution in [3.63, 3.8) is 0 Å². The smallest absolute Gasteiger partial charge is 0.339 e. The van der Waals surface area contributed by atoms with Gasteiger partial charge in [-0.05, 0) is 35.4 Å². The minimum atomic E-state index is -1.50. The van der Waals surface area contributed by atoms with Gasteiger partial charge in [-0.15, -0.1) is 0 Å². The van der Waals surface area contributed by atoms with Crippen molar-refractivity contribution in [3.8, 4) is 0 Å². The Hall–Kier alpha value is -2.12. The van der Waals surface area contributed by atoms with Crippen LogP contribution in [0.3, 0.4) is 0 Å². The minimum Gasteiger partial charge on any atom is -0.479 e. The van der Waals surface area contributed by atoms with Gasteiger partial charge in [-0.3, -0.25) is 0 Å². The molecule has 2 atom stereocenters. The second-order valence-corrected chi connectivity index (χ2v) is 5.65. The Morgan fingerprint density at radius 2 is 1.29 bits per heavy atom. The van der Waals surface area contributed by atoms with E-state index in [9.17, 15) is 14.7 Å². The predicted molar refractivity (Wildman–Crippen MR) is 111 cm³/mol. The zero-order chi connectivity index (χ0) is 21.0. The average Bonchev–Trinajstić information content (AvgIpc) is 2.68. The first-order valence-corrected chi connectivity index (χ1v) is 8.69. The van der Waals surface area contributed by atoms with Gasteiger partial charge in [0.2, 0.25) is 0 Å². The van der Waals surface area contributed by atoms with Gasteiger partial charge in [0.1, 0.15) is 0 Å². The molecule has 0 saturated heterocycles. The lowest BCUT2D eigenvalue weighted by atomic mass is 10.1. The van der Waals surface area contributed by atoms with Crippen LogP contribution in [0.15, 0.2) is 48.5 Å². The largest absolute Gasteiger partial charge is 0.479 e. The zero-order valence-corrected chi connectivity index (χ0v) is 16.6. The summed E-state index contributed by atoms with van der Waals surface area (Å²) in [5, 5.41) is 27.8. The van der Waals surface area contributed by atoms with Crippen LogP contribution in [0.25, 0.3) is 0 Å². The molecule has 0 unspecified atom stereocenters. The summed E-state index contributed by atoms with van der Waals surface area (Å²) in [6.45, 7) is 4.00. The first-order valence-electron chi connectivity index (χ1n) is 7.94. The lowest BCUT2D eigenvalue weighted by Crippen LogP contribution is -2.13. The van der Waals surface area contributed by atoms with Crippen LogP contribution in [0, 0.1) is 0 Å². The summed E-state index contributed by atoms with van der Waals surface area (Å²) in [4.78, 5) is 21.2. The maximum absolute atomic E-state index is 10.9. The average molecular weight is 433 g/mol. The van der Waals surface area contributed by atoms with E-state index in [0.29, 0.717) is 15.6 Å². The molecular formula is C20H26Cl2O6. The number of hydrogen-bond acceptors (Lipinski definition) is 5. The third kappa shape index (κ3) is 9.71. The van der Waals surface area contributed by atoms with Gasteiger partial charge in [0, 0.05) is 10.0 Å². The molecule has 2 aromatic rings. The van der Waals surface area contributed by atoms with E-state index < -0.39 is 24.1 Å². The normalized spacial score (nSPS) is 11.2. The maximum Gasteiger partial charge on any atom is 0.339 e. The van der Waals surface area contributed by atoms with Gasteiger partial charge in [-0.1, -0.05) is 68.7 Å². The molecule has 0 aliphatic heterocycles. The Labute approximate surface area is 175 Å². The number of aliphatic carboxylic acids is 1. The molecule has 0 aromatic heterocycles. The van der Waals surface area contributed by atoms with E-state index in [2.05, 4.69) is 4.74 Å². The summed E-state index contributed by atoms with van der Waals surface area (Å²) >= 11 is 11.3. The van der Waals surface area contributed by atoms with Gasteiger partial charge in [0.15, 0.2) is 12.2 Å². The summed E-state index contributed by atoms with van der Waals surface area (Å²) in [5.74, 6) is -1.97. The standard InChI is InChI=1S/C9H9ClO3.C8H7ClO3.C2H6.CH4/c1-13-9(12)8(11)6-3-2-4-7(10)5-6;9-6-3-1-2-5(4-6)7(10)8(11)12;1-2;/h2-5,8,11H,1H3;1-4,7,10H,(H,11,12);1-2H3;1H4/t8-;7-;;/m11../s1. The Bertz CT molecular complexity index is 736. The fourth-order valence-corrected chi connectivity index (χ4v) is 2.14. The number of hydrogen-bond donors (Lipinski definition) is 3. The number of ether oxygens (including phenoxy) is 1. The van der Waals surface area contributed by atoms with Crippen LogP contribution >= 0.6 is 23.2 Å². The molecule has 0 amide bonds. The van der Waals surface area contributed by atoms with E-state index in [0.717, 1.165) is 0 Å². The number of carboxylic acid groups (broad SMARTS) is 1. The van der Waals surface area contributed by atoms with Crippen molar-refractivity contribution < 1.29 is 29.6 Å². The highest BCUT2D eigenvalue weighted by molar-refractivity contribution is 6.30. The molecular weight excluding hydrogens is 407 g/mol.